The molecule has 7 heteroatoms. The first-order valence-electron chi connectivity index (χ1n) is 11.8. The molecule has 3 aliphatic rings. The molecule has 0 amide bonds. The highest BCUT2D eigenvalue weighted by Gasteiger charge is 2.32. The summed E-state index contributed by atoms with van der Waals surface area (Å²) in [6, 6.07) is 8.42. The third kappa shape index (κ3) is 5.38. The normalized spacial score (nSPS) is 24.6. The minimum Gasteiger partial charge on any atom is -0.301 e. The maximum atomic E-state index is 12.6. The molecule has 2 heterocycles. The largest absolute Gasteiger partial charge is 0.301 e. The van der Waals surface area contributed by atoms with Crippen LogP contribution in [0.25, 0.3) is 4.91 Å². The van der Waals surface area contributed by atoms with Crippen molar-refractivity contribution in [1.82, 2.24) is 14.5 Å². The first-order valence-corrected chi connectivity index (χ1v) is 13.2. The van der Waals surface area contributed by atoms with Crippen molar-refractivity contribution in [3.8, 4) is 0 Å². The van der Waals surface area contributed by atoms with E-state index in [0.717, 1.165) is 43.2 Å². The van der Waals surface area contributed by atoms with Crippen LogP contribution >= 0.6 is 0 Å². The van der Waals surface area contributed by atoms with E-state index in [1.807, 2.05) is 38.1 Å². The second-order valence-electron chi connectivity index (χ2n) is 9.18. The Kier molecular flexibility index (Phi) is 7.14. The first-order chi connectivity index (χ1) is 14.9. The van der Waals surface area contributed by atoms with Gasteiger partial charge in [-0.15, -0.1) is 0 Å². The number of rotatable bonds is 6. The van der Waals surface area contributed by atoms with Gasteiger partial charge in [0.05, 0.1) is 0 Å². The summed E-state index contributed by atoms with van der Waals surface area (Å²) in [5.74, 6) is 0.498. The van der Waals surface area contributed by atoms with Crippen LogP contribution < -0.4 is 4.72 Å². The van der Waals surface area contributed by atoms with Crippen LogP contribution in [0.2, 0.25) is 0 Å². The zero-order valence-electron chi connectivity index (χ0n) is 18.9. The number of amidine groups is 1. The molecule has 1 aromatic rings. The molecule has 2 fully saturated rings. The molecule has 1 saturated carbocycles. The van der Waals surface area contributed by atoms with E-state index in [1.54, 1.807) is 0 Å². The summed E-state index contributed by atoms with van der Waals surface area (Å²) < 4.78 is 27.9. The van der Waals surface area contributed by atoms with Gasteiger partial charge in [-0.25, -0.2) is 8.42 Å². The van der Waals surface area contributed by atoms with Gasteiger partial charge in [0.1, 0.15) is 10.7 Å². The smallest absolute Gasteiger partial charge is 0.264 e. The van der Waals surface area contributed by atoms with Crippen molar-refractivity contribution in [2.24, 2.45) is 4.99 Å². The molecule has 6 nitrogen and oxygen atoms in total. The van der Waals surface area contributed by atoms with Crippen molar-refractivity contribution in [3.05, 3.63) is 41.0 Å². The standard InChI is InChI=1S/C24H36N4O2S/c1-19-9-11-21(12-10-19)23-20(2)24(26-31(23,29)30)25-13-6-14-27-15-17-28(18-16-27)22-7-4-3-5-8-22/h9-12,22H,3-8,13-18H2,1-2H3,(H,25,26). The second kappa shape index (κ2) is 9.84. The van der Waals surface area contributed by atoms with Gasteiger partial charge in [-0.3, -0.25) is 14.6 Å². The van der Waals surface area contributed by atoms with Crippen LogP contribution in [-0.4, -0.2) is 69.4 Å². The number of hydrogen-bond donors (Lipinski definition) is 1. The summed E-state index contributed by atoms with van der Waals surface area (Å²) in [6.07, 6.45) is 7.91. The lowest BCUT2D eigenvalue weighted by Gasteiger charge is -2.40. The van der Waals surface area contributed by atoms with Crippen LogP contribution in [0.1, 0.15) is 56.6 Å². The minimum absolute atomic E-state index is 0.352. The average molecular weight is 445 g/mol. The summed E-state index contributed by atoms with van der Waals surface area (Å²) >= 11 is 0. The van der Waals surface area contributed by atoms with E-state index in [2.05, 4.69) is 19.5 Å². The third-order valence-electron chi connectivity index (χ3n) is 6.91. The van der Waals surface area contributed by atoms with E-state index in [1.165, 1.54) is 45.2 Å². The lowest BCUT2D eigenvalue weighted by Crippen LogP contribution is -2.50. The Hall–Kier alpha value is -1.70. The summed E-state index contributed by atoms with van der Waals surface area (Å²) in [4.78, 5) is 10.2. The van der Waals surface area contributed by atoms with E-state index in [-0.39, 0.29) is 0 Å². The highest BCUT2D eigenvalue weighted by Crippen LogP contribution is 2.30. The Labute approximate surface area is 187 Å². The molecule has 0 spiro atoms. The summed E-state index contributed by atoms with van der Waals surface area (Å²) in [5, 5.41) is 0. The predicted octanol–water partition coefficient (Wildman–Crippen LogP) is 3.40. The quantitative estimate of drug-likeness (QED) is 0.683. The Balaban J connectivity index is 1.28. The maximum absolute atomic E-state index is 12.6. The minimum atomic E-state index is -3.54. The second-order valence-corrected chi connectivity index (χ2v) is 10.8. The zero-order chi connectivity index (χ0) is 21.8. The Bertz CT molecular complexity index is 923. The van der Waals surface area contributed by atoms with Gasteiger partial charge in [0.25, 0.3) is 10.0 Å². The third-order valence-corrected chi connectivity index (χ3v) is 8.45. The molecule has 2 aliphatic heterocycles. The van der Waals surface area contributed by atoms with Crippen LogP contribution in [0.3, 0.4) is 0 Å². The molecule has 0 aromatic heterocycles. The van der Waals surface area contributed by atoms with Crippen LogP contribution in [-0.2, 0) is 10.0 Å². The molecule has 31 heavy (non-hydrogen) atoms. The molecule has 1 N–H and O–H groups in total. The maximum Gasteiger partial charge on any atom is 0.264 e. The van der Waals surface area contributed by atoms with Crippen molar-refractivity contribution in [2.45, 2.75) is 58.4 Å². The van der Waals surface area contributed by atoms with Gasteiger partial charge in [-0.1, -0.05) is 49.1 Å². The zero-order valence-corrected chi connectivity index (χ0v) is 19.8. The van der Waals surface area contributed by atoms with Gasteiger partial charge in [-0.05, 0) is 45.2 Å². The highest BCUT2D eigenvalue weighted by atomic mass is 32.2. The molecule has 1 aliphatic carbocycles. The summed E-state index contributed by atoms with van der Waals surface area (Å²) in [7, 11) is -3.54. The van der Waals surface area contributed by atoms with Gasteiger partial charge in [0.15, 0.2) is 0 Å². The van der Waals surface area contributed by atoms with Gasteiger partial charge in [0.2, 0.25) is 0 Å². The van der Waals surface area contributed by atoms with E-state index >= 15 is 0 Å². The number of piperazine rings is 1. The molecule has 0 unspecified atom stereocenters. The van der Waals surface area contributed by atoms with Gasteiger partial charge in [0, 0.05) is 44.3 Å². The van der Waals surface area contributed by atoms with Gasteiger partial charge >= 0.3 is 0 Å². The molecular formula is C24H36N4O2S. The first kappa shape index (κ1) is 22.5. The van der Waals surface area contributed by atoms with Gasteiger partial charge in [-0.2, -0.15) is 0 Å². The molecule has 0 atom stereocenters. The molecule has 4 rings (SSSR count). The predicted molar refractivity (Wildman–Crippen MR) is 128 cm³/mol. The Morgan fingerprint density at radius 2 is 1.68 bits per heavy atom. The highest BCUT2D eigenvalue weighted by molar-refractivity contribution is 8.00. The van der Waals surface area contributed by atoms with E-state index in [9.17, 15) is 8.42 Å². The van der Waals surface area contributed by atoms with Crippen LogP contribution in [0.15, 0.2) is 34.8 Å². The fourth-order valence-corrected chi connectivity index (χ4v) is 6.60. The monoisotopic (exact) mass is 444 g/mol. The molecule has 0 radical (unpaired) electrons. The Morgan fingerprint density at radius 1 is 1.00 bits per heavy atom. The molecule has 170 valence electrons. The topological polar surface area (TPSA) is 65.0 Å². The van der Waals surface area contributed by atoms with E-state index in [0.29, 0.717) is 22.9 Å². The molecule has 1 saturated heterocycles. The summed E-state index contributed by atoms with van der Waals surface area (Å²) in [5.41, 5.74) is 2.54. The van der Waals surface area contributed by atoms with Gasteiger partial charge < -0.3 is 4.90 Å². The van der Waals surface area contributed by atoms with E-state index in [4.69, 9.17) is 0 Å². The molecule has 0 bridgehead atoms. The van der Waals surface area contributed by atoms with Crippen molar-refractivity contribution in [1.29, 1.82) is 0 Å². The SMILES string of the molecule is CC1=C(c2ccc(C)cc2)S(=O)(=O)NC1=NCCCN1CCN(C2CCCCC2)CC1. The number of aliphatic imine (C=N–C) groups is 1. The number of nitrogens with one attached hydrogen (secondary N) is 1. The van der Waals surface area contributed by atoms with Crippen LogP contribution in [0, 0.1) is 6.92 Å². The number of hydrogen-bond acceptors (Lipinski definition) is 5. The average Bonchev–Trinajstić information content (AvgIpc) is 3.01. The van der Waals surface area contributed by atoms with Crippen molar-refractivity contribution in [3.63, 3.8) is 0 Å². The van der Waals surface area contributed by atoms with Crippen LogP contribution in [0.4, 0.5) is 0 Å². The summed E-state index contributed by atoms with van der Waals surface area (Å²) in [6.45, 7) is 10.1. The Morgan fingerprint density at radius 3 is 2.35 bits per heavy atom. The van der Waals surface area contributed by atoms with Crippen molar-refractivity contribution >= 4 is 20.8 Å². The van der Waals surface area contributed by atoms with E-state index < -0.39 is 10.0 Å². The van der Waals surface area contributed by atoms with Crippen molar-refractivity contribution in [2.75, 3.05) is 39.3 Å². The number of aryl methyl sites for hydroxylation is 1. The number of sulfonamides is 1. The molecule has 1 aromatic carbocycles. The van der Waals surface area contributed by atoms with Crippen LogP contribution in [0.5, 0.6) is 0 Å². The number of benzene rings is 1. The fourth-order valence-electron chi connectivity index (χ4n) is 5.07. The fraction of sp³-hybridized carbons (Fsp3) is 0.625. The lowest BCUT2D eigenvalue weighted by molar-refractivity contribution is 0.0788. The van der Waals surface area contributed by atoms with Crippen molar-refractivity contribution < 1.29 is 8.42 Å². The molecular weight excluding hydrogens is 408 g/mol. The lowest BCUT2D eigenvalue weighted by atomic mass is 9.94. The number of nitrogens with zero attached hydrogens (tertiary/aromatic N) is 3.